The van der Waals surface area contributed by atoms with E-state index in [0.29, 0.717) is 6.61 Å². The van der Waals surface area contributed by atoms with Crippen LogP contribution < -0.4 is 9.64 Å². The van der Waals surface area contributed by atoms with Crippen LogP contribution in [0.3, 0.4) is 0 Å². The quantitative estimate of drug-likeness (QED) is 0.836. The second-order valence-corrected chi connectivity index (χ2v) is 4.98. The molecule has 0 spiro atoms. The predicted molar refractivity (Wildman–Crippen MR) is 75.2 cm³/mol. The molecule has 0 aliphatic carbocycles. The van der Waals surface area contributed by atoms with Gasteiger partial charge in [-0.25, -0.2) is 0 Å². The highest BCUT2D eigenvalue weighted by atomic mass is 16.5. The summed E-state index contributed by atoms with van der Waals surface area (Å²) in [5.41, 5.74) is 0.698. The van der Waals surface area contributed by atoms with E-state index < -0.39 is 5.41 Å². The molecule has 0 unspecified atom stereocenters. The van der Waals surface area contributed by atoms with Gasteiger partial charge in [0.15, 0.2) is 0 Å². The summed E-state index contributed by atoms with van der Waals surface area (Å²) >= 11 is 0. The van der Waals surface area contributed by atoms with Crippen molar-refractivity contribution in [3.63, 3.8) is 0 Å². The predicted octanol–water partition coefficient (Wildman–Crippen LogP) is 2.91. The van der Waals surface area contributed by atoms with Crippen LogP contribution in [0.2, 0.25) is 0 Å². The minimum atomic E-state index is -1.03. The molecule has 0 aromatic heterocycles. The summed E-state index contributed by atoms with van der Waals surface area (Å²) in [7, 11) is 1.68. The summed E-state index contributed by atoms with van der Waals surface area (Å²) in [5, 5.41) is 9.01. The fourth-order valence-electron chi connectivity index (χ4n) is 1.74. The van der Waals surface area contributed by atoms with Crippen LogP contribution in [0.4, 0.5) is 5.69 Å². The molecule has 1 aromatic rings. The van der Waals surface area contributed by atoms with Crippen LogP contribution in [0, 0.1) is 23.7 Å². The monoisotopic (exact) mass is 260 g/mol. The molecule has 4 heteroatoms. The van der Waals surface area contributed by atoms with E-state index >= 15 is 0 Å². The lowest BCUT2D eigenvalue weighted by molar-refractivity contribution is -0.123. The van der Waals surface area contributed by atoms with Gasteiger partial charge in [0.05, 0.1) is 12.7 Å². The number of amides is 1. The van der Waals surface area contributed by atoms with Crippen molar-refractivity contribution in [2.45, 2.75) is 27.7 Å². The number of carbonyl (C=O) groups is 1. The van der Waals surface area contributed by atoms with Crippen molar-refractivity contribution < 1.29 is 9.53 Å². The number of benzene rings is 1. The van der Waals surface area contributed by atoms with Gasteiger partial charge in [-0.2, -0.15) is 5.26 Å². The number of anilines is 1. The first kappa shape index (κ1) is 15.0. The molecular weight excluding hydrogens is 240 g/mol. The fourth-order valence-corrected chi connectivity index (χ4v) is 1.74. The topological polar surface area (TPSA) is 53.3 Å². The van der Waals surface area contributed by atoms with Crippen LogP contribution in [-0.4, -0.2) is 19.6 Å². The first-order valence-electron chi connectivity index (χ1n) is 6.26. The minimum absolute atomic E-state index is 0.224. The molecule has 0 radical (unpaired) electrons. The Hall–Kier alpha value is -2.02. The molecule has 0 heterocycles. The lowest BCUT2D eigenvalue weighted by Gasteiger charge is -2.24. The van der Waals surface area contributed by atoms with E-state index in [1.165, 1.54) is 4.90 Å². The molecule has 0 atom stereocenters. The number of hydrogen-bond donors (Lipinski definition) is 0. The van der Waals surface area contributed by atoms with Crippen LogP contribution in [0.25, 0.3) is 0 Å². The maximum absolute atomic E-state index is 12.2. The molecule has 1 aromatic carbocycles. The summed E-state index contributed by atoms with van der Waals surface area (Å²) in [6.07, 6.45) is 0. The maximum atomic E-state index is 12.2. The van der Waals surface area contributed by atoms with Crippen molar-refractivity contribution in [1.82, 2.24) is 0 Å². The van der Waals surface area contributed by atoms with Crippen molar-refractivity contribution in [2.24, 2.45) is 5.41 Å². The van der Waals surface area contributed by atoms with Crippen molar-refractivity contribution in [3.8, 4) is 11.8 Å². The van der Waals surface area contributed by atoms with Gasteiger partial charge in [0, 0.05) is 12.7 Å². The van der Waals surface area contributed by atoms with Gasteiger partial charge in [0.1, 0.15) is 11.2 Å². The van der Waals surface area contributed by atoms with E-state index in [1.807, 2.05) is 38.1 Å². The Bertz CT molecular complexity index is 515. The standard InChI is InChI=1S/C15H20N2O2/c1-6-19-13-8-7-12(9-11(13)2)17(5)14(18)15(3,4)10-16/h7-9H,6H2,1-5H3. The van der Waals surface area contributed by atoms with Gasteiger partial charge in [-0.05, 0) is 51.5 Å². The van der Waals surface area contributed by atoms with E-state index in [4.69, 9.17) is 10.00 Å². The van der Waals surface area contributed by atoms with Crippen molar-refractivity contribution >= 4 is 11.6 Å². The molecule has 0 saturated carbocycles. The number of aryl methyl sites for hydroxylation is 1. The Morgan fingerprint density at radius 1 is 1.47 bits per heavy atom. The highest BCUT2D eigenvalue weighted by Crippen LogP contribution is 2.27. The number of carbonyl (C=O) groups excluding carboxylic acids is 1. The van der Waals surface area contributed by atoms with Gasteiger partial charge in [-0.15, -0.1) is 0 Å². The molecule has 19 heavy (non-hydrogen) atoms. The zero-order chi connectivity index (χ0) is 14.6. The Kier molecular flexibility index (Phi) is 4.55. The average molecular weight is 260 g/mol. The van der Waals surface area contributed by atoms with Gasteiger partial charge in [0.25, 0.3) is 0 Å². The van der Waals surface area contributed by atoms with Gasteiger partial charge in [-0.1, -0.05) is 0 Å². The molecule has 1 amide bonds. The third kappa shape index (κ3) is 3.25. The summed E-state index contributed by atoms with van der Waals surface area (Å²) in [5.74, 6) is 0.588. The van der Waals surface area contributed by atoms with Crippen molar-refractivity contribution in [1.29, 1.82) is 5.26 Å². The van der Waals surface area contributed by atoms with Gasteiger partial charge in [0.2, 0.25) is 5.91 Å². The third-order valence-corrected chi connectivity index (χ3v) is 2.96. The molecule has 0 N–H and O–H groups in total. The van der Waals surface area contributed by atoms with Crippen LogP contribution in [0.1, 0.15) is 26.3 Å². The number of nitrogens with zero attached hydrogens (tertiary/aromatic N) is 2. The number of nitriles is 1. The van der Waals surface area contributed by atoms with Crippen LogP contribution in [0.15, 0.2) is 18.2 Å². The lowest BCUT2D eigenvalue weighted by Crippen LogP contribution is -2.37. The Morgan fingerprint density at radius 3 is 2.58 bits per heavy atom. The molecule has 0 saturated heterocycles. The zero-order valence-corrected chi connectivity index (χ0v) is 12.2. The minimum Gasteiger partial charge on any atom is -0.494 e. The zero-order valence-electron chi connectivity index (χ0n) is 12.2. The van der Waals surface area contributed by atoms with E-state index in [1.54, 1.807) is 20.9 Å². The van der Waals surface area contributed by atoms with Crippen molar-refractivity contribution in [2.75, 3.05) is 18.6 Å². The van der Waals surface area contributed by atoms with E-state index in [2.05, 4.69) is 0 Å². The molecule has 0 fully saturated rings. The second kappa shape index (κ2) is 5.75. The van der Waals surface area contributed by atoms with Gasteiger partial charge in [-0.3, -0.25) is 4.79 Å². The molecule has 0 bridgehead atoms. The Balaban J connectivity index is 3.02. The van der Waals surface area contributed by atoms with Crippen molar-refractivity contribution in [3.05, 3.63) is 23.8 Å². The maximum Gasteiger partial charge on any atom is 0.246 e. The third-order valence-electron chi connectivity index (χ3n) is 2.96. The number of ether oxygens (including phenoxy) is 1. The smallest absolute Gasteiger partial charge is 0.246 e. The van der Waals surface area contributed by atoms with Crippen LogP contribution in [-0.2, 0) is 4.79 Å². The van der Waals surface area contributed by atoms with Gasteiger partial charge < -0.3 is 9.64 Å². The Labute approximate surface area is 114 Å². The second-order valence-electron chi connectivity index (χ2n) is 4.98. The van der Waals surface area contributed by atoms with Gasteiger partial charge >= 0.3 is 0 Å². The number of hydrogen-bond acceptors (Lipinski definition) is 3. The molecule has 1 rings (SSSR count). The lowest BCUT2D eigenvalue weighted by atomic mass is 9.94. The molecule has 4 nitrogen and oxygen atoms in total. The summed E-state index contributed by atoms with van der Waals surface area (Å²) in [4.78, 5) is 13.7. The summed E-state index contributed by atoms with van der Waals surface area (Å²) in [6, 6.07) is 7.57. The Morgan fingerprint density at radius 2 is 2.11 bits per heavy atom. The van der Waals surface area contributed by atoms with Crippen LogP contribution in [0.5, 0.6) is 5.75 Å². The van der Waals surface area contributed by atoms with E-state index in [9.17, 15) is 4.79 Å². The highest BCUT2D eigenvalue weighted by Gasteiger charge is 2.31. The summed E-state index contributed by atoms with van der Waals surface area (Å²) in [6.45, 7) is 7.71. The largest absolute Gasteiger partial charge is 0.494 e. The SMILES string of the molecule is CCOc1ccc(N(C)C(=O)C(C)(C)C#N)cc1C. The molecule has 102 valence electrons. The van der Waals surface area contributed by atoms with E-state index in [-0.39, 0.29) is 5.91 Å². The van der Waals surface area contributed by atoms with E-state index in [0.717, 1.165) is 17.0 Å². The summed E-state index contributed by atoms with van der Waals surface area (Å²) < 4.78 is 5.46. The first-order valence-corrected chi connectivity index (χ1v) is 6.26. The molecular formula is C15H20N2O2. The fraction of sp³-hybridized carbons (Fsp3) is 0.467. The van der Waals surface area contributed by atoms with Crippen LogP contribution >= 0.6 is 0 Å². The first-order chi connectivity index (χ1) is 8.83. The average Bonchev–Trinajstić information content (AvgIpc) is 2.39. The highest BCUT2D eigenvalue weighted by molar-refractivity contribution is 5.98. The molecule has 0 aliphatic rings. The normalized spacial score (nSPS) is 10.7. The molecule has 0 aliphatic heterocycles. The number of rotatable bonds is 4.